The second kappa shape index (κ2) is 8.08. The Kier molecular flexibility index (Phi) is 5.87. The Labute approximate surface area is 168 Å². The topological polar surface area (TPSA) is 65.2 Å². The number of nitrogens with zero attached hydrogens (tertiary/aromatic N) is 1. The van der Waals surface area contributed by atoms with Gasteiger partial charge in [0.2, 0.25) is 5.56 Å². The number of rotatable bonds is 4. The van der Waals surface area contributed by atoms with E-state index < -0.39 is 41.0 Å². The van der Waals surface area contributed by atoms with Gasteiger partial charge in [-0.15, -0.1) is 0 Å². The maximum atomic E-state index is 13.6. The van der Waals surface area contributed by atoms with Crippen molar-refractivity contribution in [3.63, 3.8) is 0 Å². The van der Waals surface area contributed by atoms with Gasteiger partial charge in [0.05, 0.1) is 11.6 Å². The van der Waals surface area contributed by atoms with Gasteiger partial charge in [-0.25, -0.2) is 13.6 Å². The molecule has 2 aromatic rings. The average Bonchev–Trinajstić information content (AvgIpc) is 3.04. The number of hydrogen-bond donors (Lipinski definition) is 2. The standard InChI is InChI=1S/C20H20F5N3O2/c1-10(2)9-28(19(30)26-11-3-4-13(21)14(22)7-11)16-6-5-15-18(16)12(20(23,24)25)8-17(29)27-15/h3-4,7-8,10,16H,5-6,9H2,1-2H3,(H,26,30)(H,27,29)/t16-/m0/s1. The normalized spacial score (nSPS) is 15.9. The average molecular weight is 429 g/mol. The lowest BCUT2D eigenvalue weighted by molar-refractivity contribution is -0.138. The second-order valence-electron chi connectivity index (χ2n) is 7.60. The third kappa shape index (κ3) is 4.47. The summed E-state index contributed by atoms with van der Waals surface area (Å²) in [5.41, 5.74) is -1.94. The van der Waals surface area contributed by atoms with Crippen molar-refractivity contribution in [3.05, 3.63) is 63.1 Å². The molecule has 0 saturated carbocycles. The zero-order valence-corrected chi connectivity index (χ0v) is 16.2. The Bertz CT molecular complexity index is 1020. The third-order valence-electron chi connectivity index (χ3n) is 4.84. The summed E-state index contributed by atoms with van der Waals surface area (Å²) in [4.78, 5) is 28.3. The number of carbonyl (C=O) groups excluding carboxylic acids is 1. The number of anilines is 1. The molecule has 2 N–H and O–H groups in total. The number of alkyl halides is 3. The van der Waals surface area contributed by atoms with Crippen LogP contribution in [0.2, 0.25) is 0 Å². The molecule has 5 nitrogen and oxygen atoms in total. The number of halogens is 5. The first-order chi connectivity index (χ1) is 14.0. The first kappa shape index (κ1) is 21.8. The number of pyridine rings is 1. The number of aryl methyl sites for hydroxylation is 1. The van der Waals surface area contributed by atoms with Crippen LogP contribution in [-0.4, -0.2) is 22.5 Å². The van der Waals surface area contributed by atoms with E-state index in [4.69, 9.17) is 0 Å². The minimum absolute atomic E-state index is 0.0246. The molecular formula is C20H20F5N3O2. The molecule has 0 fully saturated rings. The fourth-order valence-electron chi connectivity index (χ4n) is 3.69. The molecule has 1 atom stereocenters. The van der Waals surface area contributed by atoms with Crippen molar-refractivity contribution in [2.45, 2.75) is 38.9 Å². The minimum atomic E-state index is -4.76. The highest BCUT2D eigenvalue weighted by molar-refractivity contribution is 5.89. The highest BCUT2D eigenvalue weighted by Gasteiger charge is 2.42. The van der Waals surface area contributed by atoms with Crippen LogP contribution in [0.5, 0.6) is 0 Å². The van der Waals surface area contributed by atoms with Gasteiger partial charge in [-0.1, -0.05) is 13.8 Å². The molecule has 30 heavy (non-hydrogen) atoms. The molecule has 0 bridgehead atoms. The van der Waals surface area contributed by atoms with Gasteiger partial charge in [0.1, 0.15) is 0 Å². The zero-order chi connectivity index (χ0) is 22.2. The lowest BCUT2D eigenvalue weighted by atomic mass is 10.0. The number of aromatic amines is 1. The summed E-state index contributed by atoms with van der Waals surface area (Å²) in [6, 6.07) is 1.62. The Morgan fingerprint density at radius 2 is 1.93 bits per heavy atom. The molecule has 0 aliphatic heterocycles. The highest BCUT2D eigenvalue weighted by atomic mass is 19.4. The van der Waals surface area contributed by atoms with E-state index in [9.17, 15) is 31.5 Å². The van der Waals surface area contributed by atoms with Crippen molar-refractivity contribution < 1.29 is 26.7 Å². The molecule has 1 aromatic carbocycles. The van der Waals surface area contributed by atoms with Crippen molar-refractivity contribution in [3.8, 4) is 0 Å². The van der Waals surface area contributed by atoms with Crippen LogP contribution in [0.3, 0.4) is 0 Å². The molecule has 1 heterocycles. The molecular weight excluding hydrogens is 409 g/mol. The number of amides is 2. The Morgan fingerprint density at radius 1 is 1.23 bits per heavy atom. The molecule has 0 spiro atoms. The summed E-state index contributed by atoms with van der Waals surface area (Å²) in [6.07, 6.45) is -4.40. The summed E-state index contributed by atoms with van der Waals surface area (Å²) in [7, 11) is 0. The fourth-order valence-corrected chi connectivity index (χ4v) is 3.69. The highest BCUT2D eigenvalue weighted by Crippen LogP contribution is 2.43. The smallest absolute Gasteiger partial charge is 0.326 e. The summed E-state index contributed by atoms with van der Waals surface area (Å²) < 4.78 is 67.4. The number of H-pyrrole nitrogens is 1. The molecule has 1 aromatic heterocycles. The molecule has 0 unspecified atom stereocenters. The van der Waals surface area contributed by atoms with Crippen molar-refractivity contribution in [2.75, 3.05) is 11.9 Å². The van der Waals surface area contributed by atoms with E-state index in [-0.39, 0.29) is 42.2 Å². The van der Waals surface area contributed by atoms with E-state index in [2.05, 4.69) is 10.3 Å². The van der Waals surface area contributed by atoms with Crippen LogP contribution < -0.4 is 10.9 Å². The Balaban J connectivity index is 1.99. The van der Waals surface area contributed by atoms with E-state index >= 15 is 0 Å². The largest absolute Gasteiger partial charge is 0.417 e. The number of nitrogens with one attached hydrogen (secondary N) is 2. The van der Waals surface area contributed by atoms with Crippen LogP contribution in [0.25, 0.3) is 0 Å². The van der Waals surface area contributed by atoms with Crippen LogP contribution in [-0.2, 0) is 12.6 Å². The van der Waals surface area contributed by atoms with Crippen molar-refractivity contribution in [1.29, 1.82) is 0 Å². The maximum absolute atomic E-state index is 13.6. The number of aromatic nitrogens is 1. The van der Waals surface area contributed by atoms with Gasteiger partial charge < -0.3 is 15.2 Å². The Morgan fingerprint density at radius 3 is 2.53 bits per heavy atom. The van der Waals surface area contributed by atoms with Crippen molar-refractivity contribution >= 4 is 11.7 Å². The van der Waals surface area contributed by atoms with Crippen LogP contribution >= 0.6 is 0 Å². The number of urea groups is 1. The van der Waals surface area contributed by atoms with Crippen molar-refractivity contribution in [1.82, 2.24) is 9.88 Å². The van der Waals surface area contributed by atoms with Crippen LogP contribution in [0, 0.1) is 17.6 Å². The lowest BCUT2D eigenvalue weighted by Gasteiger charge is -2.32. The first-order valence-electron chi connectivity index (χ1n) is 9.33. The third-order valence-corrected chi connectivity index (χ3v) is 4.84. The minimum Gasteiger partial charge on any atom is -0.326 e. The number of hydrogen-bond acceptors (Lipinski definition) is 2. The van der Waals surface area contributed by atoms with E-state index in [0.29, 0.717) is 6.07 Å². The first-order valence-corrected chi connectivity index (χ1v) is 9.33. The van der Waals surface area contributed by atoms with Gasteiger partial charge in [-0.2, -0.15) is 13.2 Å². The van der Waals surface area contributed by atoms with Gasteiger partial charge in [0.25, 0.3) is 0 Å². The molecule has 3 rings (SSSR count). The summed E-state index contributed by atoms with van der Waals surface area (Å²) in [5, 5.41) is 2.42. The maximum Gasteiger partial charge on any atom is 0.417 e. The molecule has 0 radical (unpaired) electrons. The summed E-state index contributed by atoms with van der Waals surface area (Å²) in [5.74, 6) is -2.33. The van der Waals surface area contributed by atoms with Crippen LogP contribution in [0.15, 0.2) is 29.1 Å². The van der Waals surface area contributed by atoms with Crippen molar-refractivity contribution in [2.24, 2.45) is 5.92 Å². The second-order valence-corrected chi connectivity index (χ2v) is 7.60. The number of fused-ring (bicyclic) bond motifs is 1. The van der Waals surface area contributed by atoms with E-state index in [0.717, 1.165) is 18.2 Å². The van der Waals surface area contributed by atoms with Gasteiger partial charge in [-0.05, 0) is 30.9 Å². The number of carbonyl (C=O) groups is 1. The van der Waals surface area contributed by atoms with E-state index in [1.54, 1.807) is 13.8 Å². The quantitative estimate of drug-likeness (QED) is 0.683. The monoisotopic (exact) mass is 429 g/mol. The fraction of sp³-hybridized carbons (Fsp3) is 0.400. The van der Waals surface area contributed by atoms with Gasteiger partial charge in [-0.3, -0.25) is 4.79 Å². The predicted octanol–water partition coefficient (Wildman–Crippen LogP) is 4.85. The molecule has 162 valence electrons. The van der Waals surface area contributed by atoms with E-state index in [1.807, 2.05) is 0 Å². The van der Waals surface area contributed by atoms with Crippen LogP contribution in [0.1, 0.15) is 43.1 Å². The zero-order valence-electron chi connectivity index (χ0n) is 16.2. The van der Waals surface area contributed by atoms with Gasteiger partial charge in [0.15, 0.2) is 11.6 Å². The molecule has 1 aliphatic rings. The predicted molar refractivity (Wildman–Crippen MR) is 100 cm³/mol. The molecule has 1 aliphatic carbocycles. The summed E-state index contributed by atoms with van der Waals surface area (Å²) >= 11 is 0. The van der Waals surface area contributed by atoms with Gasteiger partial charge >= 0.3 is 12.2 Å². The SMILES string of the molecule is CC(C)CN(C(=O)Nc1ccc(F)c(F)c1)[C@H]1CCc2[nH]c(=O)cc(C(F)(F)F)c21. The number of benzene rings is 1. The van der Waals surface area contributed by atoms with E-state index in [1.165, 1.54) is 4.90 Å². The Hall–Kier alpha value is -2.91. The lowest BCUT2D eigenvalue weighted by Crippen LogP contribution is -2.40. The molecule has 10 heteroatoms. The molecule has 0 saturated heterocycles. The van der Waals surface area contributed by atoms with Gasteiger partial charge in [0, 0.05) is 35.6 Å². The molecule has 2 amide bonds. The summed E-state index contributed by atoms with van der Waals surface area (Å²) in [6.45, 7) is 3.71. The van der Waals surface area contributed by atoms with Crippen LogP contribution in [0.4, 0.5) is 32.4 Å².